The van der Waals surface area contributed by atoms with Crippen molar-refractivity contribution in [3.8, 4) is 0 Å². The first-order chi connectivity index (χ1) is 11.6. The smallest absolute Gasteiger partial charge is 0.269 e. The van der Waals surface area contributed by atoms with Crippen LogP contribution in [-0.2, 0) is 6.67 Å². The molecule has 1 aromatic heterocycles. The molecular weight excluding hydrogens is 348 g/mol. The van der Waals surface area contributed by atoms with E-state index in [-0.39, 0.29) is 10.6 Å². The number of nitrogens with zero attached hydrogens (tertiary/aromatic N) is 5. The molecule has 1 fully saturated rings. The van der Waals surface area contributed by atoms with Gasteiger partial charge in [0, 0.05) is 51.0 Å². The zero-order valence-corrected chi connectivity index (χ0v) is 14.8. The third kappa shape index (κ3) is 3.71. The summed E-state index contributed by atoms with van der Waals surface area (Å²) in [7, 11) is 1.83. The first-order valence-corrected chi connectivity index (χ1v) is 8.77. The number of nitrogens with one attached hydrogen (secondary N) is 1. The van der Waals surface area contributed by atoms with Gasteiger partial charge in [-0.15, -0.1) is 5.10 Å². The summed E-state index contributed by atoms with van der Waals surface area (Å²) in [6.45, 7) is 4.21. The normalized spacial score (nSPS) is 15.5. The van der Waals surface area contributed by atoms with Crippen LogP contribution >= 0.6 is 23.6 Å². The van der Waals surface area contributed by atoms with E-state index in [4.69, 9.17) is 12.2 Å². The largest absolute Gasteiger partial charge is 0.369 e. The predicted molar refractivity (Wildman–Crippen MR) is 97.4 cm³/mol. The van der Waals surface area contributed by atoms with Gasteiger partial charge in [-0.2, -0.15) is 0 Å². The molecule has 1 saturated heterocycles. The molecule has 2 heterocycles. The number of anilines is 2. The van der Waals surface area contributed by atoms with Crippen molar-refractivity contribution >= 4 is 40.1 Å². The van der Waals surface area contributed by atoms with E-state index in [2.05, 4.69) is 20.2 Å². The van der Waals surface area contributed by atoms with Gasteiger partial charge in [-0.05, 0) is 24.4 Å². The molecule has 0 bridgehead atoms. The maximum absolute atomic E-state index is 10.7. The third-order valence-electron chi connectivity index (χ3n) is 3.95. The Labute approximate surface area is 148 Å². The fourth-order valence-corrected chi connectivity index (χ4v) is 3.56. The van der Waals surface area contributed by atoms with E-state index in [0.29, 0.717) is 6.67 Å². The molecule has 0 atom stereocenters. The van der Waals surface area contributed by atoms with Crippen LogP contribution in [0.25, 0.3) is 0 Å². The second-order valence-electron chi connectivity index (χ2n) is 5.44. The molecule has 0 unspecified atom stereocenters. The monoisotopic (exact) mass is 366 g/mol. The summed E-state index contributed by atoms with van der Waals surface area (Å²) in [5, 5.41) is 19.0. The SMILES string of the molecule is CNc1nn(CN2CCN(c3ccc([N+](=O)[O-])cc3)CC2)c(=S)s1. The lowest BCUT2D eigenvalue weighted by Gasteiger charge is -2.35. The van der Waals surface area contributed by atoms with Gasteiger partial charge in [-0.25, -0.2) is 4.68 Å². The molecule has 1 aliphatic rings. The number of hydrogen-bond acceptors (Lipinski definition) is 8. The molecule has 3 rings (SSSR count). The summed E-state index contributed by atoms with van der Waals surface area (Å²) in [6.07, 6.45) is 0. The molecule has 2 aromatic rings. The lowest BCUT2D eigenvalue weighted by molar-refractivity contribution is -0.384. The molecule has 128 valence electrons. The maximum Gasteiger partial charge on any atom is 0.269 e. The van der Waals surface area contributed by atoms with Crippen LogP contribution in [0.3, 0.4) is 0 Å². The number of benzene rings is 1. The average molecular weight is 366 g/mol. The van der Waals surface area contributed by atoms with E-state index in [0.717, 1.165) is 41.0 Å². The van der Waals surface area contributed by atoms with Gasteiger partial charge in [0.25, 0.3) is 5.69 Å². The Morgan fingerprint density at radius 1 is 1.29 bits per heavy atom. The van der Waals surface area contributed by atoms with Crippen LogP contribution in [0, 0.1) is 14.1 Å². The van der Waals surface area contributed by atoms with Crippen LogP contribution in [0.15, 0.2) is 24.3 Å². The summed E-state index contributed by atoms with van der Waals surface area (Å²) in [5.41, 5.74) is 1.14. The quantitative estimate of drug-likeness (QED) is 0.494. The molecular formula is C14H18N6O2S2. The zero-order valence-electron chi connectivity index (χ0n) is 13.2. The van der Waals surface area contributed by atoms with Crippen molar-refractivity contribution in [2.24, 2.45) is 0 Å². The average Bonchev–Trinajstić information content (AvgIpc) is 2.95. The molecule has 10 heteroatoms. The molecule has 0 saturated carbocycles. The zero-order chi connectivity index (χ0) is 17.1. The van der Waals surface area contributed by atoms with E-state index in [1.54, 1.807) is 12.1 Å². The maximum atomic E-state index is 10.7. The summed E-state index contributed by atoms with van der Waals surface area (Å²) >= 11 is 6.79. The van der Waals surface area contributed by atoms with Crippen molar-refractivity contribution in [3.05, 3.63) is 38.3 Å². The van der Waals surface area contributed by atoms with E-state index >= 15 is 0 Å². The minimum Gasteiger partial charge on any atom is -0.369 e. The van der Waals surface area contributed by atoms with E-state index in [9.17, 15) is 10.1 Å². The second kappa shape index (κ2) is 7.24. The molecule has 24 heavy (non-hydrogen) atoms. The third-order valence-corrected chi connectivity index (χ3v) is 5.28. The molecule has 1 aromatic carbocycles. The van der Waals surface area contributed by atoms with Crippen LogP contribution in [0.5, 0.6) is 0 Å². The first kappa shape index (κ1) is 16.8. The summed E-state index contributed by atoms with van der Waals surface area (Å²) in [5.74, 6) is 0. The van der Waals surface area contributed by atoms with Crippen LogP contribution < -0.4 is 10.2 Å². The Hall–Kier alpha value is -2.04. The van der Waals surface area contributed by atoms with Crippen molar-refractivity contribution in [1.29, 1.82) is 0 Å². The molecule has 0 radical (unpaired) electrons. The predicted octanol–water partition coefficient (Wildman–Crippen LogP) is 2.40. The van der Waals surface area contributed by atoms with Gasteiger partial charge in [-0.3, -0.25) is 15.0 Å². The minimum absolute atomic E-state index is 0.121. The molecule has 1 N–H and O–H groups in total. The van der Waals surface area contributed by atoms with Gasteiger partial charge in [0.15, 0.2) is 3.95 Å². The Bertz CT molecular complexity index is 764. The lowest BCUT2D eigenvalue weighted by atomic mass is 10.2. The summed E-state index contributed by atoms with van der Waals surface area (Å²) in [6, 6.07) is 6.72. The van der Waals surface area contributed by atoms with Crippen molar-refractivity contribution < 1.29 is 4.92 Å². The summed E-state index contributed by atoms with van der Waals surface area (Å²) in [4.78, 5) is 14.9. The van der Waals surface area contributed by atoms with Crippen molar-refractivity contribution in [1.82, 2.24) is 14.7 Å². The number of hydrogen-bond donors (Lipinski definition) is 1. The highest BCUT2D eigenvalue weighted by Gasteiger charge is 2.19. The van der Waals surface area contributed by atoms with Crippen molar-refractivity contribution in [2.75, 3.05) is 43.4 Å². The topological polar surface area (TPSA) is 79.5 Å². The van der Waals surface area contributed by atoms with Crippen LogP contribution in [0.4, 0.5) is 16.5 Å². The first-order valence-electron chi connectivity index (χ1n) is 7.54. The Kier molecular flexibility index (Phi) is 5.07. The highest BCUT2D eigenvalue weighted by Crippen LogP contribution is 2.21. The number of rotatable bonds is 5. The molecule has 8 nitrogen and oxygen atoms in total. The molecule has 1 aliphatic heterocycles. The highest BCUT2D eigenvalue weighted by molar-refractivity contribution is 7.73. The van der Waals surface area contributed by atoms with Gasteiger partial charge in [0.2, 0.25) is 5.13 Å². The van der Waals surface area contributed by atoms with Gasteiger partial charge in [-0.1, -0.05) is 11.3 Å². The minimum atomic E-state index is -0.376. The van der Waals surface area contributed by atoms with Crippen molar-refractivity contribution in [3.63, 3.8) is 0 Å². The molecule has 0 amide bonds. The molecule has 0 aliphatic carbocycles. The van der Waals surface area contributed by atoms with Crippen LogP contribution in [0.2, 0.25) is 0 Å². The van der Waals surface area contributed by atoms with Crippen LogP contribution in [0.1, 0.15) is 0 Å². The van der Waals surface area contributed by atoms with Gasteiger partial charge in [0.1, 0.15) is 0 Å². The number of non-ortho nitro benzene ring substituents is 1. The fraction of sp³-hybridized carbons (Fsp3) is 0.429. The second-order valence-corrected chi connectivity index (χ2v) is 7.07. The summed E-state index contributed by atoms with van der Waals surface area (Å²) < 4.78 is 2.60. The van der Waals surface area contributed by atoms with Gasteiger partial charge >= 0.3 is 0 Å². The van der Waals surface area contributed by atoms with Gasteiger partial charge in [0.05, 0.1) is 11.6 Å². The van der Waals surface area contributed by atoms with Gasteiger partial charge < -0.3 is 10.2 Å². The highest BCUT2D eigenvalue weighted by atomic mass is 32.1. The van der Waals surface area contributed by atoms with E-state index < -0.39 is 0 Å². The Morgan fingerprint density at radius 2 is 1.96 bits per heavy atom. The fourth-order valence-electron chi connectivity index (χ4n) is 2.62. The van der Waals surface area contributed by atoms with Crippen LogP contribution in [-0.4, -0.2) is 52.8 Å². The number of nitro groups is 1. The standard InChI is InChI=1S/C14H18N6O2S2/c1-15-13-16-19(14(23)24-13)10-17-6-8-18(9-7-17)11-2-4-12(5-3-11)20(21)22/h2-5H,6-10H2,1H3,(H,15,16). The number of aromatic nitrogens is 2. The number of piperazine rings is 1. The van der Waals surface area contributed by atoms with Crippen molar-refractivity contribution in [2.45, 2.75) is 6.67 Å². The Balaban J connectivity index is 1.58. The Morgan fingerprint density at radius 3 is 2.50 bits per heavy atom. The van der Waals surface area contributed by atoms with E-state index in [1.807, 2.05) is 23.9 Å². The lowest BCUT2D eigenvalue weighted by Crippen LogP contribution is -2.46. The number of nitro benzene ring substituents is 1. The van der Waals surface area contributed by atoms with E-state index in [1.165, 1.54) is 11.3 Å². The molecule has 0 spiro atoms.